The Hall–Kier alpha value is -1.82. The van der Waals surface area contributed by atoms with E-state index >= 15 is 0 Å². The molecule has 1 aromatic rings. The molecule has 4 rings (SSSR count). The van der Waals surface area contributed by atoms with Crippen LogP contribution in [0.5, 0.6) is 0 Å². The van der Waals surface area contributed by atoms with Crippen LogP contribution in [0, 0.1) is 0 Å². The number of piperazine rings is 1. The molecular weight excluding hydrogens is 302 g/mol. The Balaban J connectivity index is 1.20. The molecule has 0 atom stereocenters. The molecule has 0 spiro atoms. The zero-order valence-corrected chi connectivity index (χ0v) is 14.2. The molecule has 130 valence electrons. The number of hydrogen-bond acceptors (Lipinski definition) is 4. The molecule has 6 heteroatoms. The monoisotopic (exact) mass is 329 g/mol. The second-order valence-corrected chi connectivity index (χ2v) is 7.20. The summed E-state index contributed by atoms with van der Waals surface area (Å²) in [6.07, 6.45) is 6.67. The predicted molar refractivity (Wildman–Crippen MR) is 94.2 cm³/mol. The van der Waals surface area contributed by atoms with E-state index in [0.717, 1.165) is 57.9 Å². The fourth-order valence-corrected chi connectivity index (χ4v) is 4.05. The smallest absolute Gasteiger partial charge is 0.317 e. The number of urea groups is 1. The maximum Gasteiger partial charge on any atom is 0.317 e. The van der Waals surface area contributed by atoms with Gasteiger partial charge in [-0.2, -0.15) is 0 Å². The molecule has 1 aliphatic carbocycles. The van der Waals surface area contributed by atoms with Crippen LogP contribution in [-0.4, -0.2) is 72.2 Å². The highest BCUT2D eigenvalue weighted by molar-refractivity contribution is 5.75. The zero-order valence-electron chi connectivity index (χ0n) is 14.2. The van der Waals surface area contributed by atoms with E-state index in [4.69, 9.17) is 0 Å². The van der Waals surface area contributed by atoms with Crippen LogP contribution < -0.4 is 10.2 Å². The van der Waals surface area contributed by atoms with E-state index in [1.807, 2.05) is 23.2 Å². The summed E-state index contributed by atoms with van der Waals surface area (Å²) in [5, 5.41) is 3.18. The van der Waals surface area contributed by atoms with Gasteiger partial charge in [0.05, 0.1) is 0 Å². The first-order valence-corrected chi connectivity index (χ1v) is 9.25. The first kappa shape index (κ1) is 15.7. The Morgan fingerprint density at radius 1 is 1.08 bits per heavy atom. The van der Waals surface area contributed by atoms with E-state index in [-0.39, 0.29) is 6.03 Å². The van der Waals surface area contributed by atoms with Crippen molar-refractivity contribution in [3.05, 3.63) is 24.4 Å². The SMILES string of the molecule is O=C(NC1CCCC1)N1CC(N2CCN(c3ccccn3)CC2)C1. The third-order valence-corrected chi connectivity index (χ3v) is 5.64. The number of nitrogens with zero attached hydrogens (tertiary/aromatic N) is 4. The number of nitrogens with one attached hydrogen (secondary N) is 1. The molecule has 2 saturated heterocycles. The third-order valence-electron chi connectivity index (χ3n) is 5.64. The Labute approximate surface area is 143 Å². The van der Waals surface area contributed by atoms with Gasteiger partial charge in [0.15, 0.2) is 0 Å². The van der Waals surface area contributed by atoms with Gasteiger partial charge in [-0.15, -0.1) is 0 Å². The summed E-state index contributed by atoms with van der Waals surface area (Å²) in [7, 11) is 0. The first-order valence-electron chi connectivity index (χ1n) is 9.25. The van der Waals surface area contributed by atoms with Crippen molar-refractivity contribution in [3.63, 3.8) is 0 Å². The lowest BCUT2D eigenvalue weighted by Gasteiger charge is -2.48. The van der Waals surface area contributed by atoms with Crippen molar-refractivity contribution in [2.75, 3.05) is 44.2 Å². The van der Waals surface area contributed by atoms with Crippen LogP contribution in [0.1, 0.15) is 25.7 Å². The number of rotatable bonds is 3. The van der Waals surface area contributed by atoms with Crippen LogP contribution in [0.15, 0.2) is 24.4 Å². The lowest BCUT2D eigenvalue weighted by Crippen LogP contribution is -2.66. The lowest BCUT2D eigenvalue weighted by atomic mass is 10.1. The summed E-state index contributed by atoms with van der Waals surface area (Å²) in [5.41, 5.74) is 0. The maximum atomic E-state index is 12.2. The molecule has 1 saturated carbocycles. The molecule has 0 aromatic carbocycles. The number of likely N-dealkylation sites (tertiary alicyclic amines) is 1. The van der Waals surface area contributed by atoms with Gasteiger partial charge in [0.1, 0.15) is 5.82 Å². The molecule has 3 aliphatic rings. The van der Waals surface area contributed by atoms with Gasteiger partial charge in [-0.3, -0.25) is 4.90 Å². The third kappa shape index (κ3) is 3.34. The summed E-state index contributed by atoms with van der Waals surface area (Å²) >= 11 is 0. The Morgan fingerprint density at radius 2 is 1.83 bits per heavy atom. The molecule has 1 aromatic heterocycles. The topological polar surface area (TPSA) is 51.7 Å². The standard InChI is InChI=1S/C18H27N5O/c24-18(20-15-5-1-2-6-15)23-13-16(14-23)21-9-11-22(12-10-21)17-7-3-4-8-19-17/h3-4,7-8,15-16H,1-2,5-6,9-14H2,(H,20,24). The molecule has 0 unspecified atom stereocenters. The Kier molecular flexibility index (Phi) is 4.56. The second-order valence-electron chi connectivity index (χ2n) is 7.20. The molecule has 2 amide bonds. The van der Waals surface area contributed by atoms with Crippen molar-refractivity contribution in [2.24, 2.45) is 0 Å². The fraction of sp³-hybridized carbons (Fsp3) is 0.667. The van der Waals surface area contributed by atoms with E-state index in [2.05, 4.69) is 26.2 Å². The van der Waals surface area contributed by atoms with Crippen LogP contribution in [-0.2, 0) is 0 Å². The van der Waals surface area contributed by atoms with Crippen molar-refractivity contribution in [1.82, 2.24) is 20.1 Å². The van der Waals surface area contributed by atoms with Gasteiger partial charge in [0.25, 0.3) is 0 Å². The molecule has 24 heavy (non-hydrogen) atoms. The second kappa shape index (κ2) is 6.97. The molecule has 3 fully saturated rings. The lowest BCUT2D eigenvalue weighted by molar-refractivity contribution is 0.0522. The highest BCUT2D eigenvalue weighted by Crippen LogP contribution is 2.21. The van der Waals surface area contributed by atoms with Crippen molar-refractivity contribution in [1.29, 1.82) is 0 Å². The summed E-state index contributed by atoms with van der Waals surface area (Å²) in [6, 6.07) is 7.17. The average Bonchev–Trinajstić information content (AvgIpc) is 3.08. The number of amides is 2. The first-order chi connectivity index (χ1) is 11.8. The average molecular weight is 329 g/mol. The van der Waals surface area contributed by atoms with E-state index in [0.29, 0.717) is 12.1 Å². The van der Waals surface area contributed by atoms with Gasteiger partial charge < -0.3 is 15.1 Å². The quantitative estimate of drug-likeness (QED) is 0.914. The van der Waals surface area contributed by atoms with Gasteiger partial charge in [0, 0.05) is 57.5 Å². The van der Waals surface area contributed by atoms with Gasteiger partial charge in [-0.1, -0.05) is 18.9 Å². The van der Waals surface area contributed by atoms with Crippen molar-refractivity contribution in [3.8, 4) is 0 Å². The van der Waals surface area contributed by atoms with Gasteiger partial charge >= 0.3 is 6.03 Å². The van der Waals surface area contributed by atoms with E-state index in [1.165, 1.54) is 12.8 Å². The number of aromatic nitrogens is 1. The number of anilines is 1. The van der Waals surface area contributed by atoms with Crippen LogP contribution in [0.2, 0.25) is 0 Å². The molecule has 0 bridgehead atoms. The van der Waals surface area contributed by atoms with Crippen molar-refractivity contribution < 1.29 is 4.79 Å². The normalized spacial score (nSPS) is 23.3. The van der Waals surface area contributed by atoms with Crippen LogP contribution in [0.3, 0.4) is 0 Å². The predicted octanol–water partition coefficient (Wildman–Crippen LogP) is 1.54. The number of carbonyl (C=O) groups is 1. The number of hydrogen-bond donors (Lipinski definition) is 1. The van der Waals surface area contributed by atoms with Gasteiger partial charge in [-0.05, 0) is 25.0 Å². The van der Waals surface area contributed by atoms with Crippen LogP contribution in [0.25, 0.3) is 0 Å². The van der Waals surface area contributed by atoms with Gasteiger partial charge in [0.2, 0.25) is 0 Å². The summed E-state index contributed by atoms with van der Waals surface area (Å²) in [4.78, 5) is 23.5. The minimum atomic E-state index is 0.144. The summed E-state index contributed by atoms with van der Waals surface area (Å²) < 4.78 is 0. The van der Waals surface area contributed by atoms with E-state index in [9.17, 15) is 4.79 Å². The molecule has 3 heterocycles. The summed E-state index contributed by atoms with van der Waals surface area (Å²) in [5.74, 6) is 1.07. The number of carbonyl (C=O) groups excluding carboxylic acids is 1. The molecule has 2 aliphatic heterocycles. The summed E-state index contributed by atoms with van der Waals surface area (Å²) in [6.45, 7) is 5.90. The van der Waals surface area contributed by atoms with Gasteiger partial charge in [-0.25, -0.2) is 9.78 Å². The van der Waals surface area contributed by atoms with Crippen LogP contribution >= 0.6 is 0 Å². The minimum absolute atomic E-state index is 0.144. The minimum Gasteiger partial charge on any atom is -0.354 e. The fourth-order valence-electron chi connectivity index (χ4n) is 4.05. The van der Waals surface area contributed by atoms with Crippen molar-refractivity contribution >= 4 is 11.8 Å². The highest BCUT2D eigenvalue weighted by atomic mass is 16.2. The number of pyridine rings is 1. The van der Waals surface area contributed by atoms with E-state index < -0.39 is 0 Å². The highest BCUT2D eigenvalue weighted by Gasteiger charge is 2.36. The molecule has 6 nitrogen and oxygen atoms in total. The molecular formula is C18H27N5O. The zero-order chi connectivity index (χ0) is 16.4. The Morgan fingerprint density at radius 3 is 2.50 bits per heavy atom. The molecule has 1 N–H and O–H groups in total. The molecule has 0 radical (unpaired) electrons. The van der Waals surface area contributed by atoms with Crippen LogP contribution in [0.4, 0.5) is 10.6 Å². The van der Waals surface area contributed by atoms with Crippen molar-refractivity contribution in [2.45, 2.75) is 37.8 Å². The maximum absolute atomic E-state index is 12.2. The largest absolute Gasteiger partial charge is 0.354 e. The Bertz CT molecular complexity index is 546. The van der Waals surface area contributed by atoms with E-state index in [1.54, 1.807) is 0 Å².